The second kappa shape index (κ2) is 7.26. The maximum Gasteiger partial charge on any atom is 0.262 e. The predicted octanol–water partition coefficient (Wildman–Crippen LogP) is -0.615. The van der Waals surface area contributed by atoms with Crippen molar-refractivity contribution >= 4 is 23.6 Å². The van der Waals surface area contributed by atoms with Crippen LogP contribution in [0.2, 0.25) is 0 Å². The van der Waals surface area contributed by atoms with E-state index in [0.29, 0.717) is 23.7 Å². The molecule has 2 bridgehead atoms. The lowest BCUT2D eigenvalue weighted by Gasteiger charge is -2.40. The van der Waals surface area contributed by atoms with Crippen LogP contribution in [0.1, 0.15) is 52.0 Å². The Hall–Kier alpha value is -2.62. The van der Waals surface area contributed by atoms with Gasteiger partial charge in [0.05, 0.1) is 17.7 Å². The quantitative estimate of drug-likeness (QED) is 0.564. The fourth-order valence-corrected chi connectivity index (χ4v) is 5.30. The van der Waals surface area contributed by atoms with Crippen molar-refractivity contribution in [3.63, 3.8) is 0 Å². The molecular weight excluding hydrogens is 388 g/mol. The molecule has 3 saturated heterocycles. The number of hydrogen-bond acceptors (Lipinski definition) is 7. The molecule has 9 heteroatoms. The molecule has 3 fully saturated rings. The van der Waals surface area contributed by atoms with Crippen LogP contribution in [0, 0.1) is 0 Å². The monoisotopic (exact) mass is 412 g/mol. The van der Waals surface area contributed by atoms with E-state index in [-0.39, 0.29) is 37.4 Å². The van der Waals surface area contributed by atoms with Gasteiger partial charge in [0, 0.05) is 37.6 Å². The minimum atomic E-state index is -0.951. The van der Waals surface area contributed by atoms with E-state index in [1.807, 2.05) is 6.07 Å². The van der Waals surface area contributed by atoms with Gasteiger partial charge in [0.15, 0.2) is 0 Å². The van der Waals surface area contributed by atoms with Gasteiger partial charge in [-0.05, 0) is 37.0 Å². The standard InChI is InChI=1S/C21H24N4O5/c26-10-15-16-4-2-12(8-22-15)24(16)9-11-1-3-13-14(7-11)21(30)25(20(13)29)17-5-6-18(27)23-19(17)28/h1,3,7,12,15-17,22,26H,2,4-6,8-10H2,(H,23,27,28)/t12-,15+,16+,17?/m0/s1. The minimum Gasteiger partial charge on any atom is -0.395 e. The third kappa shape index (κ3) is 2.96. The zero-order valence-electron chi connectivity index (χ0n) is 16.5. The van der Waals surface area contributed by atoms with Gasteiger partial charge in [-0.25, -0.2) is 0 Å². The fourth-order valence-electron chi connectivity index (χ4n) is 5.30. The SMILES string of the molecule is O=C1CCC(N2C(=O)c3ccc(CN4[C@H]5CC[C@@H]4[C@@H](CO)NC5)cc3C2=O)C(=O)N1. The lowest BCUT2D eigenvalue weighted by atomic mass is 10.0. The van der Waals surface area contributed by atoms with Gasteiger partial charge in [-0.15, -0.1) is 0 Å². The number of fused-ring (bicyclic) bond motifs is 3. The topological polar surface area (TPSA) is 119 Å². The Morgan fingerprint density at radius 2 is 1.83 bits per heavy atom. The molecule has 0 radical (unpaired) electrons. The van der Waals surface area contributed by atoms with Crippen molar-refractivity contribution in [2.45, 2.75) is 56.4 Å². The minimum absolute atomic E-state index is 0.0457. The molecule has 0 spiro atoms. The first kappa shape index (κ1) is 19.3. The van der Waals surface area contributed by atoms with Crippen LogP contribution < -0.4 is 10.6 Å². The van der Waals surface area contributed by atoms with E-state index >= 15 is 0 Å². The average molecular weight is 412 g/mol. The smallest absolute Gasteiger partial charge is 0.262 e. The largest absolute Gasteiger partial charge is 0.395 e. The number of carbonyl (C=O) groups excluding carboxylic acids is 4. The Bertz CT molecular complexity index is 947. The van der Waals surface area contributed by atoms with Crippen molar-refractivity contribution in [2.24, 2.45) is 0 Å². The van der Waals surface area contributed by atoms with Gasteiger partial charge in [-0.3, -0.25) is 34.3 Å². The fraction of sp³-hybridized carbons (Fsp3) is 0.524. The lowest BCUT2D eigenvalue weighted by Crippen LogP contribution is -2.58. The number of amides is 4. The van der Waals surface area contributed by atoms with E-state index in [2.05, 4.69) is 15.5 Å². The first-order valence-electron chi connectivity index (χ1n) is 10.4. The number of carbonyl (C=O) groups is 4. The molecule has 4 amide bonds. The van der Waals surface area contributed by atoms with E-state index in [1.54, 1.807) is 12.1 Å². The maximum absolute atomic E-state index is 13.0. The van der Waals surface area contributed by atoms with Crippen LogP contribution in [-0.4, -0.2) is 75.9 Å². The van der Waals surface area contributed by atoms with Gasteiger partial charge in [0.2, 0.25) is 11.8 Å². The molecule has 158 valence electrons. The van der Waals surface area contributed by atoms with Gasteiger partial charge in [-0.2, -0.15) is 0 Å². The third-order valence-corrected chi connectivity index (χ3v) is 6.84. The van der Waals surface area contributed by atoms with Crippen LogP contribution in [0.3, 0.4) is 0 Å². The molecule has 0 saturated carbocycles. The van der Waals surface area contributed by atoms with Gasteiger partial charge in [0.25, 0.3) is 11.8 Å². The lowest BCUT2D eigenvalue weighted by molar-refractivity contribution is -0.136. The summed E-state index contributed by atoms with van der Waals surface area (Å²) in [5.41, 5.74) is 1.53. The summed E-state index contributed by atoms with van der Waals surface area (Å²) in [6, 6.07) is 4.99. The van der Waals surface area contributed by atoms with E-state index < -0.39 is 23.8 Å². The zero-order chi connectivity index (χ0) is 21.0. The second-order valence-corrected chi connectivity index (χ2v) is 8.50. The van der Waals surface area contributed by atoms with Crippen LogP contribution in [0.15, 0.2) is 18.2 Å². The second-order valence-electron chi connectivity index (χ2n) is 8.50. The summed E-state index contributed by atoms with van der Waals surface area (Å²) in [6.45, 7) is 1.56. The highest BCUT2D eigenvalue weighted by molar-refractivity contribution is 6.23. The van der Waals surface area contributed by atoms with Crippen molar-refractivity contribution in [3.8, 4) is 0 Å². The highest BCUT2D eigenvalue weighted by Crippen LogP contribution is 2.33. The van der Waals surface area contributed by atoms with Crippen molar-refractivity contribution in [1.82, 2.24) is 20.4 Å². The molecule has 1 aromatic carbocycles. The van der Waals surface area contributed by atoms with Gasteiger partial charge in [0.1, 0.15) is 6.04 Å². The summed E-state index contributed by atoms with van der Waals surface area (Å²) < 4.78 is 0. The molecule has 0 aromatic heterocycles. The van der Waals surface area contributed by atoms with Crippen LogP contribution in [0.25, 0.3) is 0 Å². The van der Waals surface area contributed by atoms with Crippen LogP contribution in [0.4, 0.5) is 0 Å². The number of nitrogens with zero attached hydrogens (tertiary/aromatic N) is 2. The van der Waals surface area contributed by atoms with E-state index in [4.69, 9.17) is 0 Å². The summed E-state index contributed by atoms with van der Waals surface area (Å²) >= 11 is 0. The van der Waals surface area contributed by atoms with Gasteiger partial charge < -0.3 is 10.4 Å². The summed E-state index contributed by atoms with van der Waals surface area (Å²) in [6.07, 6.45) is 2.34. The summed E-state index contributed by atoms with van der Waals surface area (Å²) in [4.78, 5) is 52.8. The van der Waals surface area contributed by atoms with Gasteiger partial charge >= 0.3 is 0 Å². The first-order chi connectivity index (χ1) is 14.5. The van der Waals surface area contributed by atoms with Crippen molar-refractivity contribution in [1.29, 1.82) is 0 Å². The number of aliphatic hydroxyl groups is 1. The average Bonchev–Trinajstić information content (AvgIpc) is 3.12. The molecule has 4 heterocycles. The molecule has 4 aliphatic rings. The molecule has 3 N–H and O–H groups in total. The molecule has 4 atom stereocenters. The number of imide groups is 2. The highest BCUT2D eigenvalue weighted by Gasteiger charge is 2.45. The van der Waals surface area contributed by atoms with Crippen molar-refractivity contribution in [3.05, 3.63) is 34.9 Å². The summed E-state index contributed by atoms with van der Waals surface area (Å²) in [7, 11) is 0. The Balaban J connectivity index is 1.38. The third-order valence-electron chi connectivity index (χ3n) is 6.84. The molecule has 9 nitrogen and oxygen atoms in total. The number of benzene rings is 1. The molecule has 1 unspecified atom stereocenters. The molecular formula is C21H24N4O5. The molecule has 30 heavy (non-hydrogen) atoms. The Morgan fingerprint density at radius 3 is 2.60 bits per heavy atom. The Labute approximate surface area is 173 Å². The molecule has 1 aromatic rings. The van der Waals surface area contributed by atoms with Crippen molar-refractivity contribution < 1.29 is 24.3 Å². The zero-order valence-corrected chi connectivity index (χ0v) is 16.5. The summed E-state index contributed by atoms with van der Waals surface area (Å²) in [5, 5.41) is 15.2. The summed E-state index contributed by atoms with van der Waals surface area (Å²) in [5.74, 6) is -1.96. The van der Waals surface area contributed by atoms with Crippen molar-refractivity contribution in [2.75, 3.05) is 13.2 Å². The number of nitrogens with one attached hydrogen (secondary N) is 2. The van der Waals surface area contributed by atoms with E-state index in [1.165, 1.54) is 0 Å². The normalized spacial score (nSPS) is 31.3. The van der Waals surface area contributed by atoms with Crippen LogP contribution >= 0.6 is 0 Å². The molecule has 5 rings (SSSR count). The Morgan fingerprint density at radius 1 is 1.03 bits per heavy atom. The number of piperazine rings is 1. The molecule has 0 aliphatic carbocycles. The number of hydrogen-bond donors (Lipinski definition) is 3. The first-order valence-corrected chi connectivity index (χ1v) is 10.4. The number of rotatable bonds is 4. The Kier molecular flexibility index (Phi) is 4.68. The number of aliphatic hydroxyl groups excluding tert-OH is 1. The maximum atomic E-state index is 13.0. The van der Waals surface area contributed by atoms with E-state index in [0.717, 1.165) is 29.8 Å². The van der Waals surface area contributed by atoms with E-state index in [9.17, 15) is 24.3 Å². The molecule has 4 aliphatic heterocycles. The number of piperidine rings is 1. The van der Waals surface area contributed by atoms with Crippen LogP contribution in [0.5, 0.6) is 0 Å². The predicted molar refractivity (Wildman–Crippen MR) is 104 cm³/mol. The van der Waals surface area contributed by atoms with Gasteiger partial charge in [-0.1, -0.05) is 6.07 Å². The van der Waals surface area contributed by atoms with Crippen LogP contribution in [-0.2, 0) is 16.1 Å². The highest BCUT2D eigenvalue weighted by atomic mass is 16.3.